The number of nitrogens with zero attached hydrogens (tertiary/aromatic N) is 1. The Morgan fingerprint density at radius 2 is 1.81 bits per heavy atom. The molecule has 21 heavy (non-hydrogen) atoms. The van der Waals surface area contributed by atoms with Crippen LogP contribution in [0.4, 0.5) is 5.88 Å². The fraction of sp³-hybridized carbons (Fsp3) is 0. The Hall–Kier alpha value is -1.24. The molecule has 0 spiro atoms. The molecule has 106 valence electrons. The number of aromatic nitrogens is 1. The summed E-state index contributed by atoms with van der Waals surface area (Å²) >= 11 is 14.6. The number of rotatable bonds is 2. The minimum Gasteiger partial charge on any atom is -0.367 e. The molecule has 0 saturated heterocycles. The first-order valence-electron chi connectivity index (χ1n) is 6.03. The van der Waals surface area contributed by atoms with E-state index in [2.05, 4.69) is 27.7 Å². The van der Waals surface area contributed by atoms with Crippen molar-refractivity contribution >= 4 is 51.7 Å². The lowest BCUT2D eigenvalue weighted by Crippen LogP contribution is -1.89. The van der Waals surface area contributed by atoms with E-state index in [4.69, 9.17) is 33.5 Å². The average Bonchev–Trinajstić information content (AvgIpc) is 2.84. The number of nitrogen functional groups attached to an aromatic ring is 1. The summed E-state index contributed by atoms with van der Waals surface area (Å²) in [6.07, 6.45) is 0. The van der Waals surface area contributed by atoms with Gasteiger partial charge in [0.25, 0.3) is 0 Å². The van der Waals surface area contributed by atoms with Crippen molar-refractivity contribution < 1.29 is 4.52 Å². The van der Waals surface area contributed by atoms with E-state index in [1.807, 2.05) is 36.4 Å². The van der Waals surface area contributed by atoms with Gasteiger partial charge >= 0.3 is 0 Å². The molecule has 2 aromatic carbocycles. The Morgan fingerprint density at radius 3 is 2.52 bits per heavy atom. The van der Waals surface area contributed by atoms with Crippen molar-refractivity contribution in [3.05, 3.63) is 56.1 Å². The fourth-order valence-electron chi connectivity index (χ4n) is 2.07. The Labute approximate surface area is 145 Å². The van der Waals surface area contributed by atoms with Gasteiger partial charge in [0, 0.05) is 19.7 Å². The van der Waals surface area contributed by atoms with Crippen LogP contribution in [0.2, 0.25) is 10.0 Å². The van der Waals surface area contributed by atoms with E-state index in [0.29, 0.717) is 21.3 Å². The summed E-state index contributed by atoms with van der Waals surface area (Å²) in [5, 5.41) is 5.30. The van der Waals surface area contributed by atoms with Gasteiger partial charge in [0.1, 0.15) is 5.69 Å². The summed E-state index contributed by atoms with van der Waals surface area (Å²) < 4.78 is 6.12. The van der Waals surface area contributed by atoms with Crippen molar-refractivity contribution in [3.63, 3.8) is 0 Å². The quantitative estimate of drug-likeness (QED) is 0.546. The molecule has 3 aromatic rings. The maximum atomic E-state index is 6.25. The van der Waals surface area contributed by atoms with Crippen LogP contribution >= 0.6 is 45.8 Å². The highest BCUT2D eigenvalue weighted by Gasteiger charge is 2.19. The molecule has 2 N–H and O–H groups in total. The van der Waals surface area contributed by atoms with Crippen LogP contribution in [-0.4, -0.2) is 5.16 Å². The van der Waals surface area contributed by atoms with Crippen LogP contribution in [0.1, 0.15) is 0 Å². The monoisotopic (exact) mass is 430 g/mol. The minimum absolute atomic E-state index is 0.229. The molecule has 6 heteroatoms. The number of halogens is 3. The summed E-state index contributed by atoms with van der Waals surface area (Å²) in [7, 11) is 0. The number of hydrogen-bond acceptors (Lipinski definition) is 3. The average molecular weight is 431 g/mol. The SMILES string of the molecule is Nc1onc(-c2ccc(I)c(Cl)c2)c1-c1ccccc1Cl. The first kappa shape index (κ1) is 14.7. The van der Waals surface area contributed by atoms with E-state index >= 15 is 0 Å². The van der Waals surface area contributed by atoms with Crippen molar-refractivity contribution in [3.8, 4) is 22.4 Å². The van der Waals surface area contributed by atoms with Crippen molar-refractivity contribution in [1.82, 2.24) is 5.16 Å². The zero-order valence-electron chi connectivity index (χ0n) is 10.6. The second-order valence-electron chi connectivity index (χ2n) is 4.38. The molecule has 0 aliphatic heterocycles. The fourth-order valence-corrected chi connectivity index (χ4v) is 2.81. The van der Waals surface area contributed by atoms with E-state index in [-0.39, 0.29) is 5.88 Å². The van der Waals surface area contributed by atoms with Gasteiger partial charge < -0.3 is 10.3 Å². The molecule has 1 heterocycles. The van der Waals surface area contributed by atoms with E-state index < -0.39 is 0 Å². The summed E-state index contributed by atoms with van der Waals surface area (Å²) in [6, 6.07) is 13.1. The van der Waals surface area contributed by atoms with Gasteiger partial charge in [0.05, 0.1) is 10.6 Å². The normalized spacial score (nSPS) is 10.8. The van der Waals surface area contributed by atoms with Gasteiger partial charge in [-0.25, -0.2) is 0 Å². The molecule has 0 bridgehead atoms. The van der Waals surface area contributed by atoms with Crippen LogP contribution in [0.15, 0.2) is 47.0 Å². The summed E-state index contributed by atoms with van der Waals surface area (Å²) in [5.74, 6) is 0.229. The standard InChI is InChI=1S/C15H9Cl2IN2O/c16-10-4-2-1-3-9(10)13-14(20-21-15(13)19)8-5-6-12(18)11(17)7-8/h1-7H,19H2. The molecule has 0 unspecified atom stereocenters. The molecule has 3 rings (SSSR count). The summed E-state index contributed by atoms with van der Waals surface area (Å²) in [4.78, 5) is 0. The van der Waals surface area contributed by atoms with Gasteiger partial charge in [0.15, 0.2) is 0 Å². The molecule has 3 nitrogen and oxygen atoms in total. The van der Waals surface area contributed by atoms with Crippen molar-refractivity contribution in [2.24, 2.45) is 0 Å². The molecule has 0 radical (unpaired) electrons. The van der Waals surface area contributed by atoms with Crippen LogP contribution in [0.3, 0.4) is 0 Å². The maximum absolute atomic E-state index is 6.25. The number of anilines is 1. The largest absolute Gasteiger partial charge is 0.367 e. The summed E-state index contributed by atoms with van der Waals surface area (Å²) in [5.41, 5.74) is 8.84. The Kier molecular flexibility index (Phi) is 4.10. The second-order valence-corrected chi connectivity index (χ2v) is 6.36. The topological polar surface area (TPSA) is 52.0 Å². The van der Waals surface area contributed by atoms with Crippen molar-refractivity contribution in [2.45, 2.75) is 0 Å². The third kappa shape index (κ3) is 2.75. The lowest BCUT2D eigenvalue weighted by atomic mass is 10.0. The van der Waals surface area contributed by atoms with Crippen LogP contribution in [-0.2, 0) is 0 Å². The lowest BCUT2D eigenvalue weighted by molar-refractivity contribution is 0.439. The minimum atomic E-state index is 0.229. The molecule has 0 aliphatic rings. The molecular formula is C15H9Cl2IN2O. The van der Waals surface area contributed by atoms with Crippen LogP contribution < -0.4 is 5.73 Å². The van der Waals surface area contributed by atoms with Gasteiger partial charge in [-0.3, -0.25) is 0 Å². The van der Waals surface area contributed by atoms with Crippen molar-refractivity contribution in [1.29, 1.82) is 0 Å². The number of hydrogen-bond donors (Lipinski definition) is 1. The first-order valence-corrected chi connectivity index (χ1v) is 7.87. The van der Waals surface area contributed by atoms with Gasteiger partial charge in [-0.15, -0.1) is 0 Å². The zero-order chi connectivity index (χ0) is 15.0. The van der Waals surface area contributed by atoms with Gasteiger partial charge in [0.2, 0.25) is 5.88 Å². The number of nitrogens with two attached hydrogens (primary N) is 1. The van der Waals surface area contributed by atoms with E-state index in [1.165, 1.54) is 0 Å². The third-order valence-electron chi connectivity index (χ3n) is 3.05. The van der Waals surface area contributed by atoms with Crippen LogP contribution in [0.25, 0.3) is 22.4 Å². The van der Waals surface area contributed by atoms with E-state index in [0.717, 1.165) is 14.7 Å². The highest BCUT2D eigenvalue weighted by atomic mass is 127. The van der Waals surface area contributed by atoms with E-state index in [1.54, 1.807) is 6.07 Å². The predicted molar refractivity (Wildman–Crippen MR) is 94.5 cm³/mol. The molecular weight excluding hydrogens is 422 g/mol. The molecule has 0 fully saturated rings. The predicted octanol–water partition coefficient (Wildman–Crippen LogP) is 5.50. The maximum Gasteiger partial charge on any atom is 0.230 e. The van der Waals surface area contributed by atoms with E-state index in [9.17, 15) is 0 Å². The van der Waals surface area contributed by atoms with Gasteiger partial charge in [-0.2, -0.15) is 0 Å². The highest BCUT2D eigenvalue weighted by molar-refractivity contribution is 14.1. The summed E-state index contributed by atoms with van der Waals surface area (Å²) in [6.45, 7) is 0. The Morgan fingerprint density at radius 1 is 1.05 bits per heavy atom. The Balaban J connectivity index is 2.22. The molecule has 0 aliphatic carbocycles. The number of benzene rings is 2. The molecule has 0 amide bonds. The first-order chi connectivity index (χ1) is 10.1. The van der Waals surface area contributed by atoms with Gasteiger partial charge in [-0.05, 0) is 40.8 Å². The second kappa shape index (κ2) is 5.87. The molecule has 1 aromatic heterocycles. The van der Waals surface area contributed by atoms with Crippen LogP contribution in [0, 0.1) is 3.57 Å². The smallest absolute Gasteiger partial charge is 0.230 e. The highest BCUT2D eigenvalue weighted by Crippen LogP contribution is 2.40. The molecule has 0 saturated carbocycles. The Bertz CT molecular complexity index is 817. The van der Waals surface area contributed by atoms with Gasteiger partial charge in [-0.1, -0.05) is 52.6 Å². The lowest BCUT2D eigenvalue weighted by Gasteiger charge is -2.06. The molecule has 0 atom stereocenters. The zero-order valence-corrected chi connectivity index (χ0v) is 14.3. The third-order valence-corrected chi connectivity index (χ3v) is 4.96. The van der Waals surface area contributed by atoms with Crippen molar-refractivity contribution in [2.75, 3.05) is 5.73 Å². The van der Waals surface area contributed by atoms with Crippen LogP contribution in [0.5, 0.6) is 0 Å².